The average molecular weight is 404 g/mol. The van der Waals surface area contributed by atoms with Crippen LogP contribution in [0.25, 0.3) is 5.69 Å². The summed E-state index contributed by atoms with van der Waals surface area (Å²) in [5.74, 6) is 0.633. The Kier molecular flexibility index (Phi) is 5.67. The molecule has 2 aromatic carbocycles. The van der Waals surface area contributed by atoms with Crippen molar-refractivity contribution in [1.29, 1.82) is 0 Å². The number of hydrogen-bond donors (Lipinski definition) is 1. The van der Waals surface area contributed by atoms with Crippen LogP contribution in [0.2, 0.25) is 0 Å². The number of anilines is 1. The first kappa shape index (κ1) is 18.9. The quantitative estimate of drug-likeness (QED) is 0.492. The zero-order valence-electron chi connectivity index (χ0n) is 15.9. The van der Waals surface area contributed by atoms with Gasteiger partial charge in [-0.15, -0.1) is 10.2 Å². The van der Waals surface area contributed by atoms with E-state index in [1.807, 2.05) is 72.4 Å². The predicted octanol–water partition coefficient (Wildman–Crippen LogP) is 4.51. The lowest BCUT2D eigenvalue weighted by molar-refractivity contribution is 0.102. The maximum Gasteiger partial charge on any atom is 0.257 e. The van der Waals surface area contributed by atoms with Crippen LogP contribution in [0.1, 0.15) is 20.9 Å². The van der Waals surface area contributed by atoms with Gasteiger partial charge in [-0.3, -0.25) is 10.1 Å². The van der Waals surface area contributed by atoms with Gasteiger partial charge >= 0.3 is 0 Å². The van der Waals surface area contributed by atoms with E-state index in [1.165, 1.54) is 11.3 Å². The molecule has 0 aliphatic carbocycles. The van der Waals surface area contributed by atoms with Crippen LogP contribution in [0, 0.1) is 6.92 Å². The number of nitrogens with zero attached hydrogens (tertiary/aromatic N) is 3. The largest absolute Gasteiger partial charge is 0.493 e. The summed E-state index contributed by atoms with van der Waals surface area (Å²) in [4.78, 5) is 12.4. The Hall–Kier alpha value is -3.45. The molecule has 0 aliphatic heterocycles. The topological polar surface area (TPSA) is 69.0 Å². The highest BCUT2D eigenvalue weighted by Crippen LogP contribution is 2.18. The number of ether oxygens (including phenoxy) is 1. The summed E-state index contributed by atoms with van der Waals surface area (Å²) < 4.78 is 7.73. The third-order valence-electron chi connectivity index (χ3n) is 4.29. The van der Waals surface area contributed by atoms with E-state index in [0.717, 1.165) is 22.0 Å². The summed E-state index contributed by atoms with van der Waals surface area (Å²) in [7, 11) is 0. The van der Waals surface area contributed by atoms with E-state index in [4.69, 9.17) is 4.74 Å². The minimum Gasteiger partial charge on any atom is -0.493 e. The molecule has 0 spiro atoms. The first-order chi connectivity index (χ1) is 14.2. The maximum absolute atomic E-state index is 12.4. The number of rotatable bonds is 7. The molecular formula is C22H20N4O2S. The van der Waals surface area contributed by atoms with E-state index < -0.39 is 0 Å². The molecule has 29 heavy (non-hydrogen) atoms. The molecule has 7 heteroatoms. The van der Waals surface area contributed by atoms with Crippen LogP contribution >= 0.6 is 11.3 Å². The average Bonchev–Trinajstić information content (AvgIpc) is 3.41. The zero-order valence-corrected chi connectivity index (χ0v) is 16.7. The van der Waals surface area contributed by atoms with Crippen molar-refractivity contribution in [3.05, 3.63) is 89.2 Å². The molecule has 146 valence electrons. The van der Waals surface area contributed by atoms with Crippen LogP contribution in [-0.4, -0.2) is 27.3 Å². The van der Waals surface area contributed by atoms with Gasteiger partial charge in [-0.25, -0.2) is 0 Å². The Labute approximate surface area is 172 Å². The zero-order chi connectivity index (χ0) is 20.1. The summed E-state index contributed by atoms with van der Waals surface area (Å²) in [6.07, 6.45) is 4.55. The van der Waals surface area contributed by atoms with Crippen LogP contribution < -0.4 is 10.1 Å². The molecule has 0 radical (unpaired) electrons. The van der Waals surface area contributed by atoms with Gasteiger partial charge in [-0.05, 0) is 61.0 Å². The summed E-state index contributed by atoms with van der Waals surface area (Å²) in [5.41, 5.74) is 2.73. The highest BCUT2D eigenvalue weighted by Gasteiger charge is 2.11. The number of amides is 1. The molecular weight excluding hydrogens is 384 g/mol. The standard InChI is InChI=1S/C22H20N4O2S/c1-16-5-4-6-19(15-16)28-14-11-20-24-25-22(29-20)23-21(27)17-7-9-18(10-8-17)26-12-2-3-13-26/h2-10,12-13,15H,11,14H2,1H3,(H,23,25,27). The normalized spacial score (nSPS) is 10.7. The van der Waals surface area contributed by atoms with E-state index in [-0.39, 0.29) is 5.91 Å². The Balaban J connectivity index is 1.31. The summed E-state index contributed by atoms with van der Waals surface area (Å²) >= 11 is 1.36. The van der Waals surface area contributed by atoms with Crippen molar-refractivity contribution in [2.75, 3.05) is 11.9 Å². The van der Waals surface area contributed by atoms with Crippen LogP contribution in [-0.2, 0) is 6.42 Å². The van der Waals surface area contributed by atoms with Gasteiger partial charge in [0, 0.05) is 30.1 Å². The fourth-order valence-corrected chi connectivity index (χ4v) is 3.54. The molecule has 4 rings (SSSR count). The number of aromatic nitrogens is 3. The van der Waals surface area contributed by atoms with E-state index in [1.54, 1.807) is 12.1 Å². The minimum atomic E-state index is -0.206. The summed E-state index contributed by atoms with van der Waals surface area (Å²) in [5, 5.41) is 12.3. The number of benzene rings is 2. The Morgan fingerprint density at radius 1 is 1.07 bits per heavy atom. The van der Waals surface area contributed by atoms with Gasteiger partial charge in [0.1, 0.15) is 10.8 Å². The lowest BCUT2D eigenvalue weighted by atomic mass is 10.2. The molecule has 0 aliphatic rings. The van der Waals surface area contributed by atoms with Gasteiger partial charge in [0.05, 0.1) is 6.61 Å². The first-order valence-corrected chi connectivity index (χ1v) is 10.1. The van der Waals surface area contributed by atoms with Crippen molar-refractivity contribution in [2.45, 2.75) is 13.3 Å². The molecule has 6 nitrogen and oxygen atoms in total. The van der Waals surface area contributed by atoms with Gasteiger partial charge in [-0.2, -0.15) is 0 Å². The van der Waals surface area contributed by atoms with Crippen LogP contribution in [0.15, 0.2) is 73.1 Å². The fourth-order valence-electron chi connectivity index (χ4n) is 2.83. The summed E-state index contributed by atoms with van der Waals surface area (Å²) in [6.45, 7) is 2.54. The minimum absolute atomic E-state index is 0.206. The lowest BCUT2D eigenvalue weighted by Gasteiger charge is -2.05. The highest BCUT2D eigenvalue weighted by atomic mass is 32.1. The van der Waals surface area contributed by atoms with Gasteiger partial charge in [0.15, 0.2) is 0 Å². The van der Waals surface area contributed by atoms with Crippen molar-refractivity contribution in [3.8, 4) is 11.4 Å². The lowest BCUT2D eigenvalue weighted by Crippen LogP contribution is -2.11. The molecule has 0 fully saturated rings. The Bertz CT molecular complexity index is 1090. The molecule has 1 N–H and O–H groups in total. The van der Waals surface area contributed by atoms with Crippen molar-refractivity contribution in [3.63, 3.8) is 0 Å². The van der Waals surface area contributed by atoms with Crippen LogP contribution in [0.5, 0.6) is 5.75 Å². The monoisotopic (exact) mass is 404 g/mol. The molecule has 2 aromatic heterocycles. The molecule has 1 amide bonds. The van der Waals surface area contributed by atoms with Crippen LogP contribution in [0.4, 0.5) is 5.13 Å². The van der Waals surface area contributed by atoms with Gasteiger partial charge in [0.25, 0.3) is 5.91 Å². The Morgan fingerprint density at radius 2 is 1.86 bits per heavy atom. The molecule has 0 unspecified atom stereocenters. The fraction of sp³-hybridized carbons (Fsp3) is 0.136. The number of hydrogen-bond acceptors (Lipinski definition) is 5. The SMILES string of the molecule is Cc1cccc(OCCc2nnc(NC(=O)c3ccc(-n4cccc4)cc3)s2)c1. The third-order valence-corrected chi connectivity index (χ3v) is 5.19. The van der Waals surface area contributed by atoms with Gasteiger partial charge in [0.2, 0.25) is 5.13 Å². The molecule has 0 saturated heterocycles. The molecule has 0 saturated carbocycles. The van der Waals surface area contributed by atoms with Crippen LogP contribution in [0.3, 0.4) is 0 Å². The first-order valence-electron chi connectivity index (χ1n) is 9.24. The van der Waals surface area contributed by atoms with E-state index in [0.29, 0.717) is 23.7 Å². The van der Waals surface area contributed by atoms with E-state index in [2.05, 4.69) is 15.5 Å². The highest BCUT2D eigenvalue weighted by molar-refractivity contribution is 7.15. The summed E-state index contributed by atoms with van der Waals surface area (Å²) in [6, 6.07) is 19.2. The number of carbonyl (C=O) groups excluding carboxylic acids is 1. The second-order valence-electron chi connectivity index (χ2n) is 6.51. The molecule has 4 aromatic rings. The molecule has 0 atom stereocenters. The van der Waals surface area contributed by atoms with E-state index >= 15 is 0 Å². The second-order valence-corrected chi connectivity index (χ2v) is 7.57. The van der Waals surface area contributed by atoms with Crippen molar-refractivity contribution < 1.29 is 9.53 Å². The maximum atomic E-state index is 12.4. The van der Waals surface area contributed by atoms with Gasteiger partial charge < -0.3 is 9.30 Å². The third kappa shape index (κ3) is 4.89. The van der Waals surface area contributed by atoms with Crippen molar-refractivity contribution in [1.82, 2.24) is 14.8 Å². The molecule has 0 bridgehead atoms. The van der Waals surface area contributed by atoms with Crippen molar-refractivity contribution in [2.24, 2.45) is 0 Å². The smallest absolute Gasteiger partial charge is 0.257 e. The number of nitrogens with one attached hydrogen (secondary N) is 1. The predicted molar refractivity (Wildman–Crippen MR) is 114 cm³/mol. The number of aryl methyl sites for hydroxylation is 1. The van der Waals surface area contributed by atoms with Gasteiger partial charge in [-0.1, -0.05) is 23.5 Å². The van der Waals surface area contributed by atoms with E-state index in [9.17, 15) is 4.79 Å². The molecule has 2 heterocycles. The van der Waals surface area contributed by atoms with Crippen molar-refractivity contribution >= 4 is 22.4 Å². The Morgan fingerprint density at radius 3 is 2.62 bits per heavy atom. The number of carbonyl (C=O) groups is 1. The second kappa shape index (κ2) is 8.70.